The third-order valence-corrected chi connectivity index (χ3v) is 5.94. The Morgan fingerprint density at radius 1 is 0.829 bits per heavy atom. The molecule has 4 aromatic rings. The minimum absolute atomic E-state index is 0.703. The molecule has 0 fully saturated rings. The van der Waals surface area contributed by atoms with Crippen molar-refractivity contribution in [3.8, 4) is 46.2 Å². The molecule has 3 nitrogen and oxygen atoms in total. The summed E-state index contributed by atoms with van der Waals surface area (Å²) in [4.78, 5) is 14.2. The topological polar surface area (TPSA) is 38.7 Å². The molecule has 2 aromatic heterocycles. The zero-order chi connectivity index (χ0) is 30.0. The van der Waals surface area contributed by atoms with Crippen LogP contribution in [-0.2, 0) is 0 Å². The Balaban J connectivity index is 0.000000902. The minimum atomic E-state index is 0.703. The Kier molecular flexibility index (Phi) is 13.7. The molecule has 206 valence electrons. The van der Waals surface area contributed by atoms with E-state index in [1.807, 2.05) is 76.4 Å². The fourth-order valence-electron chi connectivity index (χ4n) is 3.63. The highest BCUT2D eigenvalue weighted by Crippen LogP contribution is 2.28. The number of terminal acetylenes is 1. The zero-order valence-electron chi connectivity index (χ0n) is 24.8. The van der Waals surface area contributed by atoms with Gasteiger partial charge >= 0.3 is 0 Å². The first-order valence-corrected chi connectivity index (χ1v) is 13.7. The van der Waals surface area contributed by atoms with Crippen molar-refractivity contribution in [2.24, 2.45) is 0 Å². The van der Waals surface area contributed by atoms with Gasteiger partial charge in [-0.3, -0.25) is 4.98 Å². The lowest BCUT2D eigenvalue weighted by molar-refractivity contribution is 1.15. The average molecular weight is 538 g/mol. The van der Waals surface area contributed by atoms with Gasteiger partial charge in [0, 0.05) is 22.9 Å². The Labute approximate surface area is 246 Å². The quantitative estimate of drug-likeness (QED) is 0.174. The van der Waals surface area contributed by atoms with E-state index in [0.29, 0.717) is 5.82 Å². The summed E-state index contributed by atoms with van der Waals surface area (Å²) in [5, 5.41) is 0. The van der Waals surface area contributed by atoms with Gasteiger partial charge in [-0.05, 0) is 61.8 Å². The van der Waals surface area contributed by atoms with Crippen molar-refractivity contribution in [2.45, 2.75) is 34.6 Å². The Hall–Kier alpha value is -5.07. The van der Waals surface area contributed by atoms with Gasteiger partial charge in [-0.1, -0.05) is 118 Å². The second kappa shape index (κ2) is 17.5. The summed E-state index contributed by atoms with van der Waals surface area (Å²) in [6.07, 6.45) is 17.9. The van der Waals surface area contributed by atoms with E-state index in [4.69, 9.17) is 9.97 Å². The maximum Gasteiger partial charge on any atom is 0.160 e. The molecule has 0 N–H and O–H groups in total. The van der Waals surface area contributed by atoms with E-state index in [9.17, 15) is 0 Å². The lowest BCUT2D eigenvalue weighted by atomic mass is 10.0. The largest absolute Gasteiger partial charge is 0.256 e. The van der Waals surface area contributed by atoms with Crippen molar-refractivity contribution >= 4 is 11.1 Å². The molecular formula is C38H39N3. The van der Waals surface area contributed by atoms with Crippen LogP contribution in [-0.4, -0.2) is 15.0 Å². The first kappa shape index (κ1) is 32.1. The van der Waals surface area contributed by atoms with E-state index < -0.39 is 0 Å². The van der Waals surface area contributed by atoms with Gasteiger partial charge in [0.05, 0.1) is 17.1 Å². The molecular weight excluding hydrogens is 498 g/mol. The third-order valence-electron chi connectivity index (χ3n) is 5.94. The van der Waals surface area contributed by atoms with Gasteiger partial charge in [0.15, 0.2) is 5.82 Å². The normalized spacial score (nSPS) is 10.7. The number of nitrogens with zero attached hydrogens (tertiary/aromatic N) is 3. The monoisotopic (exact) mass is 537 g/mol. The molecule has 2 heterocycles. The lowest BCUT2D eigenvalue weighted by Gasteiger charge is -2.10. The van der Waals surface area contributed by atoms with E-state index in [2.05, 4.69) is 98.1 Å². The van der Waals surface area contributed by atoms with E-state index >= 15 is 0 Å². The van der Waals surface area contributed by atoms with Crippen LogP contribution in [0.15, 0.2) is 129 Å². The number of benzene rings is 2. The molecule has 0 spiro atoms. The molecule has 0 aliphatic heterocycles. The molecule has 0 amide bonds. The molecule has 41 heavy (non-hydrogen) atoms. The SMILES string of the molecule is C#CC=C.C=C(/C=C\C=C/C)c1ccc(-c2nc(/C(C)=C/C)cc(-c3ccc(-c4ccccn4)cc3)n2)cc1.CC. The molecule has 0 unspecified atom stereocenters. The van der Waals surface area contributed by atoms with Crippen molar-refractivity contribution in [3.05, 3.63) is 140 Å². The number of aromatic nitrogens is 3. The van der Waals surface area contributed by atoms with Gasteiger partial charge in [-0.2, -0.15) is 0 Å². The Morgan fingerprint density at radius 3 is 1.98 bits per heavy atom. The van der Waals surface area contributed by atoms with Gasteiger partial charge in [-0.15, -0.1) is 6.42 Å². The third kappa shape index (κ3) is 9.56. The number of hydrogen-bond acceptors (Lipinski definition) is 3. The number of allylic oxidation sites excluding steroid dienone is 8. The van der Waals surface area contributed by atoms with E-state index in [0.717, 1.165) is 50.5 Å². The highest BCUT2D eigenvalue weighted by atomic mass is 14.9. The predicted octanol–water partition coefficient (Wildman–Crippen LogP) is 10.3. The first-order valence-electron chi connectivity index (χ1n) is 13.7. The molecule has 4 rings (SSSR count). The summed E-state index contributed by atoms with van der Waals surface area (Å²) in [5.41, 5.74) is 8.99. The van der Waals surface area contributed by atoms with Crippen LogP contribution in [0.3, 0.4) is 0 Å². The number of rotatable bonds is 7. The van der Waals surface area contributed by atoms with Crippen molar-refractivity contribution in [1.82, 2.24) is 15.0 Å². The highest BCUT2D eigenvalue weighted by Gasteiger charge is 2.11. The molecule has 3 heteroatoms. The van der Waals surface area contributed by atoms with E-state index in [-0.39, 0.29) is 0 Å². The van der Waals surface area contributed by atoms with Crippen LogP contribution in [0.5, 0.6) is 0 Å². The van der Waals surface area contributed by atoms with Crippen LogP contribution in [0.1, 0.15) is 45.9 Å². The van der Waals surface area contributed by atoms with Crippen molar-refractivity contribution in [1.29, 1.82) is 0 Å². The molecule has 0 aliphatic carbocycles. The molecule has 0 atom stereocenters. The van der Waals surface area contributed by atoms with E-state index in [1.165, 1.54) is 6.08 Å². The van der Waals surface area contributed by atoms with E-state index in [1.54, 1.807) is 0 Å². The highest BCUT2D eigenvalue weighted by molar-refractivity contribution is 5.75. The maximum absolute atomic E-state index is 4.93. The summed E-state index contributed by atoms with van der Waals surface area (Å²) in [6, 6.07) is 24.6. The van der Waals surface area contributed by atoms with Crippen LogP contribution in [0.25, 0.3) is 45.0 Å². The van der Waals surface area contributed by atoms with Crippen LogP contribution >= 0.6 is 0 Å². The second-order valence-corrected chi connectivity index (χ2v) is 8.58. The van der Waals surface area contributed by atoms with Crippen LogP contribution in [0.4, 0.5) is 0 Å². The summed E-state index contributed by atoms with van der Waals surface area (Å²) in [7, 11) is 0. The lowest BCUT2D eigenvalue weighted by Crippen LogP contribution is -1.97. The van der Waals surface area contributed by atoms with Crippen molar-refractivity contribution in [2.75, 3.05) is 0 Å². The molecule has 0 saturated carbocycles. The standard InChI is InChI=1S/C32H29N3.C4H4.C2H6/c1-5-7-8-11-24(4)25-13-19-28(20-14-25)32-34-30(23(3)6-2)22-31(35-32)27-17-15-26(16-18-27)29-12-9-10-21-33-29;1-3-4-2;1-2/h5-22H,4H2,1-3H3;1,4H,2H2;1-2H3/b7-5-,11-8-,23-6+;;. The van der Waals surface area contributed by atoms with Gasteiger partial charge in [0.1, 0.15) is 0 Å². The Morgan fingerprint density at radius 2 is 1.44 bits per heavy atom. The smallest absolute Gasteiger partial charge is 0.160 e. The van der Waals surface area contributed by atoms with Crippen molar-refractivity contribution in [3.63, 3.8) is 0 Å². The summed E-state index contributed by atoms with van der Waals surface area (Å²) < 4.78 is 0. The van der Waals surface area contributed by atoms with Gasteiger partial charge < -0.3 is 0 Å². The molecule has 0 radical (unpaired) electrons. The number of hydrogen-bond donors (Lipinski definition) is 0. The minimum Gasteiger partial charge on any atom is -0.256 e. The second-order valence-electron chi connectivity index (χ2n) is 8.58. The van der Waals surface area contributed by atoms with Crippen LogP contribution in [0, 0.1) is 12.3 Å². The summed E-state index contributed by atoms with van der Waals surface area (Å²) in [6.45, 7) is 17.5. The van der Waals surface area contributed by atoms with Gasteiger partial charge in [0.2, 0.25) is 0 Å². The summed E-state index contributed by atoms with van der Waals surface area (Å²) in [5.74, 6) is 2.90. The Bertz CT molecular complexity index is 1530. The van der Waals surface area contributed by atoms with Crippen molar-refractivity contribution < 1.29 is 0 Å². The van der Waals surface area contributed by atoms with Gasteiger partial charge in [0.25, 0.3) is 0 Å². The fraction of sp³-hybridized carbons (Fsp3) is 0.132. The van der Waals surface area contributed by atoms with Gasteiger partial charge in [-0.25, -0.2) is 9.97 Å². The maximum atomic E-state index is 4.93. The zero-order valence-corrected chi connectivity index (χ0v) is 24.8. The number of pyridine rings is 1. The molecule has 0 aliphatic rings. The van der Waals surface area contributed by atoms with Crippen LogP contribution < -0.4 is 0 Å². The molecule has 0 saturated heterocycles. The predicted molar refractivity (Wildman–Crippen MR) is 179 cm³/mol. The first-order chi connectivity index (χ1) is 20.0. The van der Waals surface area contributed by atoms with Crippen LogP contribution in [0.2, 0.25) is 0 Å². The average Bonchev–Trinajstić information content (AvgIpc) is 3.05. The molecule has 0 bridgehead atoms. The molecule has 2 aromatic carbocycles. The summed E-state index contributed by atoms with van der Waals surface area (Å²) >= 11 is 0. The fourth-order valence-corrected chi connectivity index (χ4v) is 3.63.